The number of nitrogens with one attached hydrogen (secondary N) is 1. The molecule has 0 saturated carbocycles. The molecule has 2 atom stereocenters. The van der Waals surface area contributed by atoms with E-state index in [-0.39, 0.29) is 17.9 Å². The summed E-state index contributed by atoms with van der Waals surface area (Å²) in [6.45, 7) is 5.73. The van der Waals surface area contributed by atoms with Crippen molar-refractivity contribution >= 4 is 23.5 Å². The molecule has 3 aliphatic rings. The second kappa shape index (κ2) is 6.24. The molecule has 24 heavy (non-hydrogen) atoms. The Morgan fingerprint density at radius 2 is 2.04 bits per heavy atom. The van der Waals surface area contributed by atoms with Crippen LogP contribution in [0.1, 0.15) is 6.92 Å². The van der Waals surface area contributed by atoms with Gasteiger partial charge in [0, 0.05) is 43.1 Å². The van der Waals surface area contributed by atoms with Gasteiger partial charge in [0.05, 0.1) is 18.4 Å². The van der Waals surface area contributed by atoms with Gasteiger partial charge in [-0.15, -0.1) is 0 Å². The Morgan fingerprint density at radius 3 is 2.83 bits per heavy atom. The lowest BCUT2D eigenvalue weighted by atomic mass is 9.96. The quantitative estimate of drug-likeness (QED) is 0.921. The van der Waals surface area contributed by atoms with Crippen molar-refractivity contribution < 1.29 is 4.79 Å². The number of carbonyl (C=O) groups is 1. The summed E-state index contributed by atoms with van der Waals surface area (Å²) < 4.78 is 0. The number of rotatable bonds is 3. The van der Waals surface area contributed by atoms with Crippen LogP contribution in [0.3, 0.4) is 0 Å². The van der Waals surface area contributed by atoms with E-state index >= 15 is 0 Å². The number of hydrogen-bond acceptors (Lipinski definition) is 5. The predicted molar refractivity (Wildman–Crippen MR) is 98.0 cm³/mol. The molecule has 1 saturated heterocycles. The normalized spacial score (nSPS) is 25.6. The first-order valence-electron chi connectivity index (χ1n) is 8.51. The molecule has 0 bridgehead atoms. The molecule has 0 spiro atoms. The van der Waals surface area contributed by atoms with Crippen LogP contribution in [0.25, 0.3) is 0 Å². The van der Waals surface area contributed by atoms with Crippen LogP contribution in [0.2, 0.25) is 0 Å². The molecule has 0 aromatic heterocycles. The van der Waals surface area contributed by atoms with E-state index in [1.807, 2.05) is 18.5 Å². The highest BCUT2D eigenvalue weighted by Gasteiger charge is 2.31. The minimum Gasteiger partial charge on any atom is -0.369 e. The van der Waals surface area contributed by atoms with Crippen molar-refractivity contribution in [3.8, 4) is 0 Å². The number of hydrogen-bond donors (Lipinski definition) is 1. The van der Waals surface area contributed by atoms with E-state index in [1.165, 1.54) is 5.69 Å². The van der Waals surface area contributed by atoms with Gasteiger partial charge in [-0.25, -0.2) is 0 Å². The predicted octanol–water partition coefficient (Wildman–Crippen LogP) is 1.77. The molecule has 2 unspecified atom stereocenters. The van der Waals surface area contributed by atoms with Gasteiger partial charge in [-0.1, -0.05) is 18.2 Å². The Balaban J connectivity index is 1.56. The van der Waals surface area contributed by atoms with Crippen LogP contribution < -0.4 is 15.1 Å². The molecule has 2 aliphatic heterocycles. The van der Waals surface area contributed by atoms with E-state index < -0.39 is 0 Å². The smallest absolute Gasteiger partial charge is 0.159 e. The van der Waals surface area contributed by atoms with Crippen molar-refractivity contribution in [2.24, 2.45) is 4.99 Å². The number of anilines is 2. The third-order valence-electron chi connectivity index (χ3n) is 4.87. The first kappa shape index (κ1) is 15.1. The molecule has 1 aromatic rings. The number of aliphatic imine (C=N–C) groups is 1. The van der Waals surface area contributed by atoms with E-state index in [9.17, 15) is 4.79 Å². The van der Waals surface area contributed by atoms with E-state index in [2.05, 4.69) is 50.5 Å². The van der Waals surface area contributed by atoms with Crippen molar-refractivity contribution in [2.75, 3.05) is 36.0 Å². The Morgan fingerprint density at radius 1 is 1.25 bits per heavy atom. The molecule has 5 heteroatoms. The summed E-state index contributed by atoms with van der Waals surface area (Å²) in [6, 6.07) is 8.82. The lowest BCUT2D eigenvalue weighted by molar-refractivity contribution is -0.113. The van der Waals surface area contributed by atoms with Crippen molar-refractivity contribution in [1.29, 1.82) is 0 Å². The average molecular weight is 322 g/mol. The molecular weight excluding hydrogens is 300 g/mol. The Bertz CT molecular complexity index is 731. The number of benzene rings is 1. The molecule has 1 N–H and O–H groups in total. The first-order chi connectivity index (χ1) is 11.7. The number of nitrogens with zero attached hydrogens (tertiary/aromatic N) is 3. The number of carbonyl (C=O) groups excluding carboxylic acids is 1. The Hall–Kier alpha value is -2.40. The Labute approximate surface area is 142 Å². The molecule has 5 nitrogen and oxygen atoms in total. The number of ketones is 1. The van der Waals surface area contributed by atoms with Gasteiger partial charge in [0.1, 0.15) is 0 Å². The van der Waals surface area contributed by atoms with Gasteiger partial charge >= 0.3 is 0 Å². The van der Waals surface area contributed by atoms with Crippen molar-refractivity contribution in [1.82, 2.24) is 5.32 Å². The molecule has 4 rings (SSSR count). The second-order valence-corrected chi connectivity index (χ2v) is 6.45. The number of Topliss-reactive ketones (excluding diaryl/α,β-unsaturated/α-hetero) is 1. The first-order valence-corrected chi connectivity index (χ1v) is 8.51. The fraction of sp³-hybridized carbons (Fsp3) is 0.368. The summed E-state index contributed by atoms with van der Waals surface area (Å²) >= 11 is 0. The monoisotopic (exact) mass is 322 g/mol. The van der Waals surface area contributed by atoms with Crippen LogP contribution in [0.5, 0.6) is 0 Å². The molecule has 124 valence electrons. The van der Waals surface area contributed by atoms with Gasteiger partial charge in [-0.05, 0) is 31.2 Å². The maximum absolute atomic E-state index is 11.6. The largest absolute Gasteiger partial charge is 0.369 e. The zero-order chi connectivity index (χ0) is 16.5. The minimum atomic E-state index is 0.0248. The van der Waals surface area contributed by atoms with Gasteiger partial charge in [0.15, 0.2) is 5.78 Å². The van der Waals surface area contributed by atoms with Crippen molar-refractivity contribution in [3.63, 3.8) is 0 Å². The highest BCUT2D eigenvalue weighted by molar-refractivity contribution is 5.97. The SMILES string of the molecule is CC(=O)C1=CC2N=CN(c3cccc(N4CCNCC4)c3)C2C=C1. The van der Waals surface area contributed by atoms with Crippen molar-refractivity contribution in [2.45, 2.75) is 19.0 Å². The van der Waals surface area contributed by atoms with Crippen molar-refractivity contribution in [3.05, 3.63) is 48.1 Å². The summed E-state index contributed by atoms with van der Waals surface area (Å²) in [5.74, 6) is 0.0963. The summed E-state index contributed by atoms with van der Waals surface area (Å²) in [4.78, 5) is 20.8. The van der Waals surface area contributed by atoms with Gasteiger partial charge in [0.25, 0.3) is 0 Å². The topological polar surface area (TPSA) is 47.9 Å². The van der Waals surface area contributed by atoms with E-state index in [1.54, 1.807) is 6.92 Å². The van der Waals surface area contributed by atoms with Crippen LogP contribution in [-0.4, -0.2) is 50.4 Å². The third kappa shape index (κ3) is 2.76. The standard InChI is InChI=1S/C19H22N4O/c1-14(24)15-5-6-19-18(11-15)21-13-23(19)17-4-2-3-16(12-17)22-9-7-20-8-10-22/h2-6,11-13,18-20H,7-10H2,1H3. The van der Waals surface area contributed by atoms with Crippen LogP contribution in [0.15, 0.2) is 53.1 Å². The Kier molecular flexibility index (Phi) is 3.94. The fourth-order valence-corrected chi connectivity index (χ4v) is 3.52. The molecule has 1 aliphatic carbocycles. The van der Waals surface area contributed by atoms with Gasteiger partial charge in [-0.3, -0.25) is 9.79 Å². The summed E-state index contributed by atoms with van der Waals surface area (Å²) in [5, 5.41) is 3.39. The third-order valence-corrected chi connectivity index (χ3v) is 4.87. The van der Waals surface area contributed by atoms with Crippen LogP contribution in [0, 0.1) is 0 Å². The van der Waals surface area contributed by atoms with Gasteiger partial charge in [-0.2, -0.15) is 0 Å². The van der Waals surface area contributed by atoms with E-state index in [0.717, 1.165) is 37.4 Å². The highest BCUT2D eigenvalue weighted by atomic mass is 16.1. The fourth-order valence-electron chi connectivity index (χ4n) is 3.52. The molecule has 2 heterocycles. The summed E-state index contributed by atoms with van der Waals surface area (Å²) in [6.07, 6.45) is 7.89. The zero-order valence-corrected chi connectivity index (χ0v) is 13.9. The molecule has 1 fully saturated rings. The van der Waals surface area contributed by atoms with Gasteiger partial charge in [0.2, 0.25) is 0 Å². The number of allylic oxidation sites excluding steroid dienone is 2. The molecule has 0 radical (unpaired) electrons. The highest BCUT2D eigenvalue weighted by Crippen LogP contribution is 2.30. The second-order valence-electron chi connectivity index (χ2n) is 6.45. The zero-order valence-electron chi connectivity index (χ0n) is 13.9. The molecule has 0 amide bonds. The lowest BCUT2D eigenvalue weighted by Gasteiger charge is -2.31. The molecule has 1 aromatic carbocycles. The minimum absolute atomic E-state index is 0.0248. The summed E-state index contributed by atoms with van der Waals surface area (Å²) in [7, 11) is 0. The van der Waals surface area contributed by atoms with Gasteiger partial charge < -0.3 is 15.1 Å². The van der Waals surface area contributed by atoms with E-state index in [4.69, 9.17) is 0 Å². The van der Waals surface area contributed by atoms with E-state index in [0.29, 0.717) is 0 Å². The van der Waals surface area contributed by atoms with Crippen LogP contribution >= 0.6 is 0 Å². The number of fused-ring (bicyclic) bond motifs is 1. The maximum Gasteiger partial charge on any atom is 0.159 e. The number of piperazine rings is 1. The average Bonchev–Trinajstić information content (AvgIpc) is 3.06. The van der Waals surface area contributed by atoms with Crippen LogP contribution in [-0.2, 0) is 4.79 Å². The molecular formula is C19H22N4O. The summed E-state index contributed by atoms with van der Waals surface area (Å²) in [5.41, 5.74) is 3.15. The van der Waals surface area contributed by atoms with Crippen LogP contribution in [0.4, 0.5) is 11.4 Å². The maximum atomic E-state index is 11.6. The lowest BCUT2D eigenvalue weighted by Crippen LogP contribution is -2.43.